The number of aliphatic hydroxyl groups is 1. The predicted octanol–water partition coefficient (Wildman–Crippen LogP) is -5.52. The third-order valence-corrected chi connectivity index (χ3v) is 5.89. The number of carbonyl (C=O) groups is 3. The maximum absolute atomic E-state index is 12.5. The molecule has 1 aromatic heterocycles. The van der Waals surface area contributed by atoms with Crippen molar-refractivity contribution in [3.05, 3.63) is 22.3 Å². The quantitative estimate of drug-likeness (QED) is 0.171. The Bertz CT molecular complexity index is 872. The summed E-state index contributed by atoms with van der Waals surface area (Å²) in [5.74, 6) is -2.70. The van der Waals surface area contributed by atoms with Crippen molar-refractivity contribution in [3.8, 4) is 0 Å². The Kier molecular flexibility index (Phi) is 7.47. The third kappa shape index (κ3) is 4.04. The molecule has 14 heteroatoms. The largest absolute Gasteiger partial charge is 1.00 e. The van der Waals surface area contributed by atoms with E-state index in [9.17, 15) is 24.6 Å². The van der Waals surface area contributed by atoms with Gasteiger partial charge in [-0.05, 0) is 5.57 Å². The van der Waals surface area contributed by atoms with Gasteiger partial charge in [-0.25, -0.2) is 4.98 Å². The number of amides is 2. The van der Waals surface area contributed by atoms with Gasteiger partial charge in [-0.3, -0.25) is 14.5 Å². The minimum atomic E-state index is -1.55. The molecule has 2 atom stereocenters. The Hall–Kier alpha value is -1.64. The van der Waals surface area contributed by atoms with Crippen LogP contribution in [0.4, 0.5) is 5.13 Å². The monoisotopic (exact) mass is 435 g/mol. The van der Waals surface area contributed by atoms with Crippen LogP contribution in [-0.4, -0.2) is 69.4 Å². The van der Waals surface area contributed by atoms with E-state index in [2.05, 4.69) is 20.3 Å². The first-order valence-electron chi connectivity index (χ1n) is 7.51. The number of nitrogens with two attached hydrogens (primary N) is 1. The van der Waals surface area contributed by atoms with Crippen molar-refractivity contribution in [2.24, 2.45) is 5.16 Å². The fourth-order valence-corrected chi connectivity index (χ4v) is 4.58. The van der Waals surface area contributed by atoms with E-state index in [4.69, 9.17) is 5.73 Å². The summed E-state index contributed by atoms with van der Waals surface area (Å²) in [4.78, 5) is 45.9. The number of hydrogen-bond acceptors (Lipinski definition) is 11. The average molecular weight is 435 g/mol. The molecule has 0 bridgehead atoms. The first kappa shape index (κ1) is 22.6. The summed E-state index contributed by atoms with van der Waals surface area (Å²) in [6.07, 6.45) is 0. The van der Waals surface area contributed by atoms with Crippen LogP contribution in [0.25, 0.3) is 0 Å². The summed E-state index contributed by atoms with van der Waals surface area (Å²) >= 11 is 2.33. The maximum Gasteiger partial charge on any atom is 1.00 e. The van der Waals surface area contributed by atoms with E-state index in [1.807, 2.05) is 0 Å². The van der Waals surface area contributed by atoms with Crippen molar-refractivity contribution in [1.82, 2.24) is 15.2 Å². The first-order valence-corrected chi connectivity index (χ1v) is 9.44. The molecule has 4 N–H and O–H groups in total. The molecule has 0 saturated carbocycles. The Morgan fingerprint density at radius 2 is 2.29 bits per heavy atom. The first-order chi connectivity index (χ1) is 12.9. The predicted molar refractivity (Wildman–Crippen MR) is 94.2 cm³/mol. The Balaban J connectivity index is 0.00000280. The zero-order valence-electron chi connectivity index (χ0n) is 14.9. The van der Waals surface area contributed by atoms with Gasteiger partial charge < -0.3 is 30.9 Å². The van der Waals surface area contributed by atoms with Gasteiger partial charge >= 0.3 is 29.6 Å². The molecule has 2 amide bonds. The molecule has 3 heterocycles. The molecule has 144 valence electrons. The van der Waals surface area contributed by atoms with Crippen molar-refractivity contribution < 1.29 is 59.0 Å². The van der Waals surface area contributed by atoms with E-state index in [1.54, 1.807) is 0 Å². The van der Waals surface area contributed by atoms with Crippen LogP contribution in [0.3, 0.4) is 0 Å². The summed E-state index contributed by atoms with van der Waals surface area (Å²) in [5, 5.41) is 27.9. The average Bonchev–Trinajstić information content (AvgIpc) is 3.08. The molecule has 0 radical (unpaired) electrons. The van der Waals surface area contributed by atoms with Crippen LogP contribution >= 0.6 is 23.1 Å². The number of rotatable bonds is 6. The minimum Gasteiger partial charge on any atom is -0.543 e. The maximum atomic E-state index is 12.5. The molecule has 1 fully saturated rings. The van der Waals surface area contributed by atoms with Crippen LogP contribution in [0, 0.1) is 0 Å². The van der Waals surface area contributed by atoms with E-state index in [0.29, 0.717) is 0 Å². The second kappa shape index (κ2) is 9.24. The molecule has 0 spiro atoms. The number of aliphatic hydroxyl groups excluding tert-OH is 1. The van der Waals surface area contributed by atoms with Crippen LogP contribution in [0.5, 0.6) is 0 Å². The van der Waals surface area contributed by atoms with Gasteiger partial charge in [0.15, 0.2) is 10.8 Å². The van der Waals surface area contributed by atoms with Crippen LogP contribution in [-0.2, 0) is 19.2 Å². The molecule has 11 nitrogen and oxygen atoms in total. The van der Waals surface area contributed by atoms with Gasteiger partial charge in [-0.15, -0.1) is 23.1 Å². The molecular formula is C14H14N5NaO6S2. The molecule has 1 unspecified atom stereocenters. The number of aliphatic carboxylic acids is 1. The summed E-state index contributed by atoms with van der Waals surface area (Å²) in [5.41, 5.74) is 5.42. The van der Waals surface area contributed by atoms with E-state index in [-0.39, 0.29) is 63.1 Å². The number of aromatic nitrogens is 1. The van der Waals surface area contributed by atoms with Gasteiger partial charge in [-0.1, -0.05) is 5.16 Å². The summed E-state index contributed by atoms with van der Waals surface area (Å²) in [6, 6.07) is -0.963. The fourth-order valence-electron chi connectivity index (χ4n) is 2.70. The number of nitrogen functional groups attached to an aromatic ring is 1. The number of carboxylic acids is 1. The molecule has 1 saturated heterocycles. The summed E-state index contributed by atoms with van der Waals surface area (Å²) in [6.45, 7) is -0.500. The van der Waals surface area contributed by atoms with Crippen molar-refractivity contribution in [2.75, 3.05) is 25.2 Å². The van der Waals surface area contributed by atoms with Gasteiger partial charge in [0, 0.05) is 11.1 Å². The smallest absolute Gasteiger partial charge is 0.543 e. The van der Waals surface area contributed by atoms with E-state index >= 15 is 0 Å². The molecule has 2 aliphatic heterocycles. The Morgan fingerprint density at radius 3 is 2.82 bits per heavy atom. The summed E-state index contributed by atoms with van der Waals surface area (Å²) in [7, 11) is 1.25. The number of oxime groups is 1. The number of thiazole rings is 1. The Morgan fingerprint density at radius 1 is 1.57 bits per heavy atom. The van der Waals surface area contributed by atoms with Gasteiger partial charge in [0.1, 0.15) is 24.2 Å². The van der Waals surface area contributed by atoms with Crippen molar-refractivity contribution >= 4 is 51.7 Å². The van der Waals surface area contributed by atoms with Gasteiger partial charge in [0.05, 0.1) is 18.3 Å². The standard InChI is InChI=1S/C14H15N5O6S2.Na/c1-25-18-7(6-4-27-14(15)16-6)10(21)17-8-11(22)19-9(13(23)24)5(2-20)3-26-12(8)19;/h4,8,12,20H,2-3H2,1H3,(H2,15,16)(H,17,21)(H,23,24);/q;+1/p-1/t8?,12-;/m1./s1. The third-order valence-electron chi connectivity index (χ3n) is 3.88. The van der Waals surface area contributed by atoms with Gasteiger partial charge in [-0.2, -0.15) is 0 Å². The minimum absolute atomic E-state index is 0. The van der Waals surface area contributed by atoms with Crippen LogP contribution in [0.1, 0.15) is 5.69 Å². The number of β-lactam (4-membered cyclic amide) rings is 1. The number of hydrogen-bond donors (Lipinski definition) is 3. The molecule has 3 rings (SSSR count). The van der Waals surface area contributed by atoms with Crippen molar-refractivity contribution in [2.45, 2.75) is 11.4 Å². The zero-order chi connectivity index (χ0) is 19.7. The SMILES string of the molecule is CON=C(C(=O)NC1C(=O)N2C(C(=O)[O-])=C(CO)CS[C@H]12)c1csc(N)n1.[Na+]. The van der Waals surface area contributed by atoms with Crippen LogP contribution in [0.15, 0.2) is 21.8 Å². The molecule has 0 aromatic carbocycles. The number of carbonyl (C=O) groups excluding carboxylic acids is 3. The second-order valence-electron chi connectivity index (χ2n) is 5.45. The van der Waals surface area contributed by atoms with E-state index < -0.39 is 35.8 Å². The Labute approximate surface area is 189 Å². The van der Waals surface area contributed by atoms with Gasteiger partial charge in [0.25, 0.3) is 11.8 Å². The number of carboxylic acid groups (broad SMARTS) is 1. The fraction of sp³-hybridized carbons (Fsp3) is 0.357. The normalized spacial score (nSPS) is 21.4. The number of nitrogens with one attached hydrogen (secondary N) is 1. The second-order valence-corrected chi connectivity index (χ2v) is 7.45. The van der Waals surface area contributed by atoms with Crippen molar-refractivity contribution in [1.29, 1.82) is 0 Å². The zero-order valence-corrected chi connectivity index (χ0v) is 18.5. The molecule has 28 heavy (non-hydrogen) atoms. The van der Waals surface area contributed by atoms with Crippen molar-refractivity contribution in [3.63, 3.8) is 0 Å². The molecule has 0 aliphatic carbocycles. The summed E-state index contributed by atoms with van der Waals surface area (Å²) < 4.78 is 0. The molecular weight excluding hydrogens is 421 g/mol. The van der Waals surface area contributed by atoms with E-state index in [1.165, 1.54) is 24.3 Å². The molecule has 2 aliphatic rings. The molecule has 1 aromatic rings. The van der Waals surface area contributed by atoms with Crippen LogP contribution in [0.2, 0.25) is 0 Å². The number of anilines is 1. The number of thioether (sulfide) groups is 1. The topological polar surface area (TPSA) is 170 Å². The van der Waals surface area contributed by atoms with E-state index in [0.717, 1.165) is 16.2 Å². The number of fused-ring (bicyclic) bond motifs is 1. The van der Waals surface area contributed by atoms with Gasteiger partial charge in [0.2, 0.25) is 0 Å². The van der Waals surface area contributed by atoms with Crippen LogP contribution < -0.4 is 45.7 Å². The number of nitrogens with zero attached hydrogens (tertiary/aromatic N) is 3.